The zero-order valence-electron chi connectivity index (χ0n) is 16.3. The fourth-order valence-corrected chi connectivity index (χ4v) is 3.75. The van der Waals surface area contributed by atoms with Gasteiger partial charge in [0.05, 0.1) is 23.0 Å². The van der Waals surface area contributed by atoms with Crippen LogP contribution in [0.2, 0.25) is 0 Å². The minimum atomic E-state index is -0.142. The van der Waals surface area contributed by atoms with E-state index in [1.165, 1.54) is 11.8 Å². The molecule has 9 heteroatoms. The van der Waals surface area contributed by atoms with Gasteiger partial charge in [0.2, 0.25) is 11.8 Å². The minimum Gasteiger partial charge on any atom is -0.461 e. The Kier molecular flexibility index (Phi) is 5.24. The van der Waals surface area contributed by atoms with Gasteiger partial charge in [0.25, 0.3) is 5.22 Å². The third kappa shape index (κ3) is 4.22. The van der Waals surface area contributed by atoms with Crippen LogP contribution in [0.5, 0.6) is 0 Å². The van der Waals surface area contributed by atoms with E-state index >= 15 is 0 Å². The average Bonchev–Trinajstić information content (AvgIpc) is 3.54. The van der Waals surface area contributed by atoms with E-state index in [0.717, 1.165) is 16.7 Å². The van der Waals surface area contributed by atoms with Crippen molar-refractivity contribution in [2.45, 2.75) is 11.8 Å². The molecule has 3 heterocycles. The SMILES string of the molecule is O=C(CSc1nnc(Cn2c(-c3ccco3)nc3ccccc32)o1)Nc1ccccc1. The summed E-state index contributed by atoms with van der Waals surface area (Å²) in [6.07, 6.45) is 1.61. The van der Waals surface area contributed by atoms with Crippen LogP contribution in [-0.2, 0) is 11.3 Å². The summed E-state index contributed by atoms with van der Waals surface area (Å²) in [5, 5.41) is 11.4. The average molecular weight is 431 g/mol. The Morgan fingerprint density at radius 1 is 1.00 bits per heavy atom. The summed E-state index contributed by atoms with van der Waals surface area (Å²) >= 11 is 1.19. The maximum Gasteiger partial charge on any atom is 0.277 e. The minimum absolute atomic E-state index is 0.142. The summed E-state index contributed by atoms with van der Waals surface area (Å²) in [6, 6.07) is 20.8. The number of thioether (sulfide) groups is 1. The van der Waals surface area contributed by atoms with Crippen molar-refractivity contribution in [2.24, 2.45) is 0 Å². The molecule has 31 heavy (non-hydrogen) atoms. The number of hydrogen-bond acceptors (Lipinski definition) is 7. The van der Waals surface area contributed by atoms with E-state index in [9.17, 15) is 4.79 Å². The van der Waals surface area contributed by atoms with Crippen LogP contribution in [0.15, 0.2) is 87.1 Å². The van der Waals surface area contributed by atoms with Crippen LogP contribution in [0.3, 0.4) is 0 Å². The molecule has 0 spiro atoms. The first kappa shape index (κ1) is 19.1. The number of hydrogen-bond donors (Lipinski definition) is 1. The smallest absolute Gasteiger partial charge is 0.277 e. The molecule has 0 aliphatic carbocycles. The molecule has 0 saturated heterocycles. The summed E-state index contributed by atoms with van der Waals surface area (Å²) in [5.41, 5.74) is 2.53. The first-order valence-electron chi connectivity index (χ1n) is 9.55. The number of nitrogens with one attached hydrogen (secondary N) is 1. The van der Waals surface area contributed by atoms with Gasteiger partial charge in [-0.25, -0.2) is 4.98 Å². The van der Waals surface area contributed by atoms with Gasteiger partial charge in [-0.05, 0) is 36.4 Å². The molecule has 8 nitrogen and oxygen atoms in total. The van der Waals surface area contributed by atoms with E-state index in [-0.39, 0.29) is 11.7 Å². The predicted octanol–water partition coefficient (Wildman–Crippen LogP) is 4.46. The molecule has 5 aromatic rings. The number of fused-ring (bicyclic) bond motifs is 1. The molecule has 1 amide bonds. The molecule has 0 saturated carbocycles. The lowest BCUT2D eigenvalue weighted by Gasteiger charge is -2.04. The van der Waals surface area contributed by atoms with E-state index in [0.29, 0.717) is 29.2 Å². The van der Waals surface area contributed by atoms with Crippen molar-refractivity contribution < 1.29 is 13.6 Å². The first-order chi connectivity index (χ1) is 15.3. The van der Waals surface area contributed by atoms with Crippen LogP contribution >= 0.6 is 11.8 Å². The highest BCUT2D eigenvalue weighted by molar-refractivity contribution is 7.99. The topological polar surface area (TPSA) is 99.0 Å². The van der Waals surface area contributed by atoms with Gasteiger partial charge in [-0.15, -0.1) is 10.2 Å². The largest absolute Gasteiger partial charge is 0.461 e. The Labute approximate surface area is 181 Å². The quantitative estimate of drug-likeness (QED) is 0.380. The lowest BCUT2D eigenvalue weighted by molar-refractivity contribution is -0.113. The standard InChI is InChI=1S/C22H17N5O3S/c28-19(23-15-7-2-1-3-8-15)14-31-22-26-25-20(30-22)13-27-17-10-5-4-9-16(17)24-21(27)18-11-6-12-29-18/h1-12H,13-14H2,(H,23,28). The molecule has 0 aliphatic heterocycles. The van der Waals surface area contributed by atoms with Gasteiger partial charge >= 0.3 is 0 Å². The van der Waals surface area contributed by atoms with Gasteiger partial charge in [-0.3, -0.25) is 4.79 Å². The molecule has 0 aliphatic rings. The highest BCUT2D eigenvalue weighted by Gasteiger charge is 2.17. The monoisotopic (exact) mass is 431 g/mol. The Bertz CT molecular complexity index is 1310. The molecule has 0 unspecified atom stereocenters. The number of anilines is 1. The number of carbonyl (C=O) groups excluding carboxylic acids is 1. The molecule has 0 fully saturated rings. The molecular formula is C22H17N5O3S. The van der Waals surface area contributed by atoms with Crippen molar-refractivity contribution in [1.29, 1.82) is 0 Å². The molecule has 154 valence electrons. The number of aromatic nitrogens is 4. The predicted molar refractivity (Wildman–Crippen MR) is 117 cm³/mol. The Balaban J connectivity index is 1.30. The summed E-state index contributed by atoms with van der Waals surface area (Å²) in [7, 11) is 0. The Hall–Kier alpha value is -3.85. The van der Waals surface area contributed by atoms with Crippen molar-refractivity contribution in [1.82, 2.24) is 19.7 Å². The number of benzene rings is 2. The summed E-state index contributed by atoms with van der Waals surface area (Å²) < 4.78 is 13.3. The third-order valence-corrected chi connectivity index (χ3v) is 5.34. The molecule has 5 rings (SSSR count). The highest BCUT2D eigenvalue weighted by Crippen LogP contribution is 2.26. The summed E-state index contributed by atoms with van der Waals surface area (Å²) in [6.45, 7) is 0.334. The first-order valence-corrected chi connectivity index (χ1v) is 10.5. The highest BCUT2D eigenvalue weighted by atomic mass is 32.2. The lowest BCUT2D eigenvalue weighted by Crippen LogP contribution is -2.13. The van der Waals surface area contributed by atoms with Crippen LogP contribution in [0.25, 0.3) is 22.6 Å². The lowest BCUT2D eigenvalue weighted by atomic mass is 10.3. The summed E-state index contributed by atoms with van der Waals surface area (Å²) in [4.78, 5) is 16.8. The molecule has 1 N–H and O–H groups in total. The molecule has 0 atom stereocenters. The van der Waals surface area contributed by atoms with Gasteiger partial charge in [0.1, 0.15) is 6.54 Å². The van der Waals surface area contributed by atoms with E-state index in [1.807, 2.05) is 71.3 Å². The van der Waals surface area contributed by atoms with Crippen LogP contribution in [0, 0.1) is 0 Å². The molecule has 2 aromatic carbocycles. The van der Waals surface area contributed by atoms with Crippen LogP contribution < -0.4 is 5.32 Å². The van der Waals surface area contributed by atoms with Crippen molar-refractivity contribution >= 4 is 34.4 Å². The molecular weight excluding hydrogens is 414 g/mol. The zero-order valence-corrected chi connectivity index (χ0v) is 17.1. The van der Waals surface area contributed by atoms with Gasteiger partial charge in [0, 0.05) is 5.69 Å². The van der Waals surface area contributed by atoms with Gasteiger partial charge in [-0.2, -0.15) is 0 Å². The van der Waals surface area contributed by atoms with Gasteiger partial charge in [0.15, 0.2) is 11.6 Å². The molecule has 3 aromatic heterocycles. The normalized spacial score (nSPS) is 11.1. The molecule has 0 bridgehead atoms. The van der Waals surface area contributed by atoms with Crippen LogP contribution in [-0.4, -0.2) is 31.4 Å². The fraction of sp³-hybridized carbons (Fsp3) is 0.0909. The number of rotatable bonds is 7. The maximum atomic E-state index is 12.1. The third-order valence-electron chi connectivity index (χ3n) is 4.52. The van der Waals surface area contributed by atoms with Crippen molar-refractivity contribution in [3.63, 3.8) is 0 Å². The van der Waals surface area contributed by atoms with E-state index in [1.54, 1.807) is 6.26 Å². The second-order valence-corrected chi connectivity index (χ2v) is 7.58. The van der Waals surface area contributed by atoms with Gasteiger partial charge < -0.3 is 18.7 Å². The number of amides is 1. The van der Waals surface area contributed by atoms with Crippen molar-refractivity contribution in [3.05, 3.63) is 78.9 Å². The van der Waals surface area contributed by atoms with Gasteiger partial charge in [-0.1, -0.05) is 42.1 Å². The Morgan fingerprint density at radius 3 is 2.68 bits per heavy atom. The van der Waals surface area contributed by atoms with Crippen LogP contribution in [0.1, 0.15) is 5.89 Å². The van der Waals surface area contributed by atoms with Crippen molar-refractivity contribution in [2.75, 3.05) is 11.1 Å². The van der Waals surface area contributed by atoms with E-state index in [2.05, 4.69) is 20.5 Å². The number of para-hydroxylation sites is 3. The second-order valence-electron chi connectivity index (χ2n) is 6.65. The van der Waals surface area contributed by atoms with E-state index in [4.69, 9.17) is 8.83 Å². The number of furan rings is 1. The fourth-order valence-electron chi connectivity index (χ4n) is 3.17. The molecule has 0 radical (unpaired) electrons. The number of imidazole rings is 1. The zero-order chi connectivity index (χ0) is 21.0. The van der Waals surface area contributed by atoms with Crippen molar-refractivity contribution in [3.8, 4) is 11.6 Å². The Morgan fingerprint density at radius 2 is 1.84 bits per heavy atom. The van der Waals surface area contributed by atoms with E-state index < -0.39 is 0 Å². The maximum absolute atomic E-state index is 12.1. The summed E-state index contributed by atoms with van der Waals surface area (Å²) in [5.74, 6) is 1.78. The second kappa shape index (κ2) is 8.49. The number of nitrogens with zero attached hydrogens (tertiary/aromatic N) is 4. The van der Waals surface area contributed by atoms with Crippen LogP contribution in [0.4, 0.5) is 5.69 Å². The number of carbonyl (C=O) groups is 1.